The SMILES string of the molecule is Cc1cccc(N2CCN(C(=O)CCC3=NS(=O)(=O)c4ccc(C(F)(F)F)cc4N3)CC2)c1C. The van der Waals surface area contributed by atoms with Crippen molar-refractivity contribution < 1.29 is 26.4 Å². The van der Waals surface area contributed by atoms with Crippen molar-refractivity contribution in [3.05, 3.63) is 53.1 Å². The molecular formula is C23H25F3N4O3S. The molecule has 0 aromatic heterocycles. The minimum absolute atomic E-state index is 0.000872. The van der Waals surface area contributed by atoms with Crippen molar-refractivity contribution in [3.8, 4) is 0 Å². The number of carbonyl (C=O) groups is 1. The molecule has 2 heterocycles. The third kappa shape index (κ3) is 4.89. The molecule has 4 rings (SSSR count). The molecule has 0 spiro atoms. The van der Waals surface area contributed by atoms with E-state index in [4.69, 9.17) is 0 Å². The molecule has 0 atom stereocenters. The Balaban J connectivity index is 1.37. The average molecular weight is 495 g/mol. The third-order valence-electron chi connectivity index (χ3n) is 6.22. The zero-order chi connectivity index (χ0) is 24.7. The molecule has 2 aliphatic rings. The van der Waals surface area contributed by atoms with Gasteiger partial charge in [0.05, 0.1) is 11.3 Å². The molecule has 182 valence electrons. The summed E-state index contributed by atoms with van der Waals surface area (Å²) < 4.78 is 67.5. The number of hydrogen-bond acceptors (Lipinski definition) is 5. The number of alkyl halides is 3. The van der Waals surface area contributed by atoms with Crippen molar-refractivity contribution in [3.63, 3.8) is 0 Å². The molecule has 1 fully saturated rings. The van der Waals surface area contributed by atoms with E-state index in [0.717, 1.165) is 17.8 Å². The molecule has 0 bridgehead atoms. The summed E-state index contributed by atoms with van der Waals surface area (Å²) in [6.45, 7) is 6.55. The zero-order valence-electron chi connectivity index (χ0n) is 18.8. The van der Waals surface area contributed by atoms with Gasteiger partial charge < -0.3 is 15.1 Å². The van der Waals surface area contributed by atoms with Gasteiger partial charge in [-0.1, -0.05) is 12.1 Å². The van der Waals surface area contributed by atoms with Crippen LogP contribution in [-0.2, 0) is 21.0 Å². The molecular weight excluding hydrogens is 469 g/mol. The molecule has 2 aromatic rings. The van der Waals surface area contributed by atoms with E-state index in [-0.39, 0.29) is 35.2 Å². The van der Waals surface area contributed by atoms with E-state index >= 15 is 0 Å². The standard InChI is InChI=1S/C23H25F3N4O3S/c1-15-4-3-5-19(16(15)2)29-10-12-30(13-11-29)22(31)9-8-21-27-18-14-17(23(24,25)26)6-7-20(18)34(32,33)28-21/h3-7,14H,8-13H2,1-2H3,(H,27,28). The second kappa shape index (κ2) is 8.94. The Morgan fingerprint density at radius 1 is 1.09 bits per heavy atom. The zero-order valence-corrected chi connectivity index (χ0v) is 19.6. The monoisotopic (exact) mass is 494 g/mol. The number of fused-ring (bicyclic) bond motifs is 1. The van der Waals surface area contributed by atoms with Gasteiger partial charge in [0, 0.05) is 44.7 Å². The van der Waals surface area contributed by atoms with E-state index < -0.39 is 21.8 Å². The number of nitrogens with one attached hydrogen (secondary N) is 1. The normalized spacial score (nSPS) is 17.6. The van der Waals surface area contributed by atoms with Gasteiger partial charge in [0.25, 0.3) is 10.0 Å². The Labute approximate surface area is 196 Å². The Hall–Kier alpha value is -3.08. The van der Waals surface area contributed by atoms with Gasteiger partial charge in [-0.15, -0.1) is 4.40 Å². The molecule has 1 N–H and O–H groups in total. The van der Waals surface area contributed by atoms with Crippen molar-refractivity contribution in [2.45, 2.75) is 37.8 Å². The predicted octanol–water partition coefficient (Wildman–Crippen LogP) is 3.96. The van der Waals surface area contributed by atoms with E-state index in [2.05, 4.69) is 40.6 Å². The van der Waals surface area contributed by atoms with Crippen molar-refractivity contribution in [1.82, 2.24) is 4.90 Å². The van der Waals surface area contributed by atoms with Crippen LogP contribution in [0.5, 0.6) is 0 Å². The number of hydrogen-bond donors (Lipinski definition) is 1. The number of amides is 1. The van der Waals surface area contributed by atoms with Crippen LogP contribution in [0.15, 0.2) is 45.7 Å². The first-order valence-electron chi connectivity index (χ1n) is 10.9. The Morgan fingerprint density at radius 3 is 2.47 bits per heavy atom. The number of rotatable bonds is 4. The predicted molar refractivity (Wildman–Crippen MR) is 124 cm³/mol. The number of sulfonamides is 1. The van der Waals surface area contributed by atoms with Crippen LogP contribution in [0.2, 0.25) is 0 Å². The van der Waals surface area contributed by atoms with E-state index in [1.807, 2.05) is 6.07 Å². The van der Waals surface area contributed by atoms with Gasteiger partial charge in [-0.2, -0.15) is 21.6 Å². The van der Waals surface area contributed by atoms with Crippen LogP contribution in [0.4, 0.5) is 24.5 Å². The summed E-state index contributed by atoms with van der Waals surface area (Å²) in [4.78, 5) is 16.4. The van der Waals surface area contributed by atoms with E-state index in [9.17, 15) is 26.4 Å². The van der Waals surface area contributed by atoms with E-state index in [1.165, 1.54) is 11.1 Å². The van der Waals surface area contributed by atoms with Gasteiger partial charge in [-0.05, 0) is 49.2 Å². The highest BCUT2D eigenvalue weighted by atomic mass is 32.2. The number of piperazine rings is 1. The molecule has 34 heavy (non-hydrogen) atoms. The minimum atomic E-state index is -4.61. The quantitative estimate of drug-likeness (QED) is 0.696. The summed E-state index contributed by atoms with van der Waals surface area (Å²) in [7, 11) is -4.15. The molecule has 0 unspecified atom stereocenters. The Bertz CT molecular complexity index is 1250. The van der Waals surface area contributed by atoms with Crippen LogP contribution in [-0.4, -0.2) is 51.2 Å². The Morgan fingerprint density at radius 2 is 1.79 bits per heavy atom. The summed E-state index contributed by atoms with van der Waals surface area (Å²) in [6.07, 6.45) is -4.63. The average Bonchev–Trinajstić information content (AvgIpc) is 2.78. The highest BCUT2D eigenvalue weighted by Crippen LogP contribution is 2.35. The Kier molecular flexibility index (Phi) is 6.32. The first-order valence-corrected chi connectivity index (χ1v) is 12.3. The fraction of sp³-hybridized carbons (Fsp3) is 0.391. The highest BCUT2D eigenvalue weighted by molar-refractivity contribution is 7.90. The molecule has 7 nitrogen and oxygen atoms in total. The second-order valence-electron chi connectivity index (χ2n) is 8.43. The van der Waals surface area contributed by atoms with Crippen molar-refractivity contribution in [2.24, 2.45) is 4.40 Å². The maximum atomic E-state index is 13.0. The number of halogens is 3. The maximum Gasteiger partial charge on any atom is 0.416 e. The second-order valence-corrected chi connectivity index (χ2v) is 10.0. The van der Waals surface area contributed by atoms with Gasteiger partial charge in [-0.3, -0.25) is 4.79 Å². The molecule has 0 radical (unpaired) electrons. The lowest BCUT2D eigenvalue weighted by atomic mass is 10.1. The molecule has 2 aromatic carbocycles. The largest absolute Gasteiger partial charge is 0.416 e. The minimum Gasteiger partial charge on any atom is -0.368 e. The topological polar surface area (TPSA) is 82.1 Å². The third-order valence-corrected chi connectivity index (χ3v) is 7.59. The number of anilines is 2. The van der Waals surface area contributed by atoms with E-state index in [0.29, 0.717) is 32.2 Å². The lowest BCUT2D eigenvalue weighted by Crippen LogP contribution is -2.49. The number of amidine groups is 1. The van der Waals surface area contributed by atoms with Gasteiger partial charge in [0.15, 0.2) is 0 Å². The molecule has 11 heteroatoms. The lowest BCUT2D eigenvalue weighted by molar-refractivity contribution is -0.137. The van der Waals surface area contributed by atoms with Gasteiger partial charge >= 0.3 is 6.18 Å². The summed E-state index contributed by atoms with van der Waals surface area (Å²) in [5.41, 5.74) is 2.41. The van der Waals surface area contributed by atoms with Crippen molar-refractivity contribution in [1.29, 1.82) is 0 Å². The summed E-state index contributed by atoms with van der Waals surface area (Å²) in [6, 6.07) is 8.48. The summed E-state index contributed by atoms with van der Waals surface area (Å²) in [5.74, 6) is -0.202. The number of aryl methyl sites for hydroxylation is 1. The maximum absolute atomic E-state index is 13.0. The van der Waals surface area contributed by atoms with E-state index in [1.54, 1.807) is 4.90 Å². The number of benzene rings is 2. The summed E-state index contributed by atoms with van der Waals surface area (Å²) >= 11 is 0. The molecule has 0 aliphatic carbocycles. The van der Waals surface area contributed by atoms with Crippen LogP contribution in [0.25, 0.3) is 0 Å². The van der Waals surface area contributed by atoms with Crippen LogP contribution in [0.3, 0.4) is 0 Å². The van der Waals surface area contributed by atoms with Gasteiger partial charge in [0.2, 0.25) is 5.91 Å². The van der Waals surface area contributed by atoms with Crippen LogP contribution >= 0.6 is 0 Å². The lowest BCUT2D eigenvalue weighted by Gasteiger charge is -2.37. The number of nitrogens with zero attached hydrogens (tertiary/aromatic N) is 3. The summed E-state index contributed by atoms with van der Waals surface area (Å²) in [5, 5.41) is 2.66. The fourth-order valence-corrected chi connectivity index (χ4v) is 5.32. The number of carbonyl (C=O) groups excluding carboxylic acids is 1. The van der Waals surface area contributed by atoms with Crippen LogP contribution in [0, 0.1) is 13.8 Å². The first kappa shape index (κ1) is 24.1. The van der Waals surface area contributed by atoms with Crippen molar-refractivity contribution in [2.75, 3.05) is 36.4 Å². The molecule has 2 aliphatic heterocycles. The smallest absolute Gasteiger partial charge is 0.368 e. The molecule has 0 saturated carbocycles. The molecule has 1 saturated heterocycles. The van der Waals surface area contributed by atoms with Gasteiger partial charge in [-0.25, -0.2) is 0 Å². The fourth-order valence-electron chi connectivity index (χ4n) is 4.17. The highest BCUT2D eigenvalue weighted by Gasteiger charge is 2.34. The van der Waals surface area contributed by atoms with Crippen LogP contribution in [0.1, 0.15) is 29.5 Å². The first-order chi connectivity index (χ1) is 16.0. The molecule has 1 amide bonds. The van der Waals surface area contributed by atoms with Crippen molar-refractivity contribution >= 4 is 33.1 Å². The van der Waals surface area contributed by atoms with Gasteiger partial charge in [0.1, 0.15) is 10.7 Å². The van der Waals surface area contributed by atoms with Crippen LogP contribution < -0.4 is 10.2 Å².